The van der Waals surface area contributed by atoms with Gasteiger partial charge < -0.3 is 5.32 Å². The van der Waals surface area contributed by atoms with E-state index in [4.69, 9.17) is 0 Å². The van der Waals surface area contributed by atoms with E-state index in [1.54, 1.807) is 17.9 Å². The number of aryl methyl sites for hydroxylation is 1. The summed E-state index contributed by atoms with van der Waals surface area (Å²) in [6.45, 7) is 4.20. The van der Waals surface area contributed by atoms with E-state index >= 15 is 0 Å². The molecule has 1 heterocycles. The van der Waals surface area contributed by atoms with Crippen LogP contribution in [0.3, 0.4) is 0 Å². The topological polar surface area (TPSA) is 29.9 Å². The second-order valence-corrected chi connectivity index (χ2v) is 4.97. The van der Waals surface area contributed by atoms with Crippen molar-refractivity contribution in [2.45, 2.75) is 26.3 Å². The lowest BCUT2D eigenvalue weighted by molar-refractivity contribution is 0.547. The van der Waals surface area contributed by atoms with E-state index in [9.17, 15) is 13.2 Å². The first-order valence-corrected chi connectivity index (χ1v) is 6.29. The molecule has 1 N–H and O–H groups in total. The second-order valence-electron chi connectivity index (χ2n) is 4.97. The number of aromatic nitrogens is 2. The molecular weight excluding hydrogens is 267 g/mol. The molecule has 0 unspecified atom stereocenters. The predicted octanol–water partition coefficient (Wildman–Crippen LogP) is 3.57. The van der Waals surface area contributed by atoms with Crippen LogP contribution in [0.25, 0.3) is 0 Å². The van der Waals surface area contributed by atoms with Gasteiger partial charge in [-0.05, 0) is 5.92 Å². The first kappa shape index (κ1) is 14.4. The molecule has 1 aromatic carbocycles. The van der Waals surface area contributed by atoms with Gasteiger partial charge in [-0.2, -0.15) is 5.10 Å². The Morgan fingerprint density at radius 1 is 1.20 bits per heavy atom. The van der Waals surface area contributed by atoms with Gasteiger partial charge in [-0.1, -0.05) is 13.8 Å². The summed E-state index contributed by atoms with van der Waals surface area (Å²) in [4.78, 5) is 0. The molecule has 0 aliphatic rings. The molecule has 6 heteroatoms. The van der Waals surface area contributed by atoms with Gasteiger partial charge in [-0.25, -0.2) is 13.2 Å². The van der Waals surface area contributed by atoms with Gasteiger partial charge in [-0.3, -0.25) is 4.68 Å². The number of benzene rings is 1. The summed E-state index contributed by atoms with van der Waals surface area (Å²) in [5, 5.41) is 6.97. The summed E-state index contributed by atoms with van der Waals surface area (Å²) in [6, 6.07) is 1.30. The molecule has 0 spiro atoms. The second kappa shape index (κ2) is 5.56. The van der Waals surface area contributed by atoms with Crippen LogP contribution < -0.4 is 5.32 Å². The van der Waals surface area contributed by atoms with Crippen molar-refractivity contribution in [3.63, 3.8) is 0 Å². The third kappa shape index (κ3) is 2.95. The lowest BCUT2D eigenvalue weighted by Crippen LogP contribution is -2.06. The average molecular weight is 283 g/mol. The number of nitrogens with zero attached hydrogens (tertiary/aromatic N) is 2. The van der Waals surface area contributed by atoms with E-state index in [1.165, 1.54) is 0 Å². The molecule has 0 fully saturated rings. The highest BCUT2D eigenvalue weighted by Crippen LogP contribution is 2.23. The van der Waals surface area contributed by atoms with Gasteiger partial charge in [0.25, 0.3) is 0 Å². The van der Waals surface area contributed by atoms with Crippen molar-refractivity contribution < 1.29 is 13.2 Å². The van der Waals surface area contributed by atoms with Gasteiger partial charge in [-0.15, -0.1) is 0 Å². The molecule has 20 heavy (non-hydrogen) atoms. The molecule has 0 saturated heterocycles. The normalized spacial score (nSPS) is 11.2. The number of rotatable bonds is 4. The molecule has 0 radical (unpaired) electrons. The highest BCUT2D eigenvalue weighted by atomic mass is 19.1. The number of hydrogen-bond donors (Lipinski definition) is 1. The zero-order valence-electron chi connectivity index (χ0n) is 11.5. The van der Waals surface area contributed by atoms with Crippen molar-refractivity contribution in [2.75, 3.05) is 5.32 Å². The lowest BCUT2D eigenvalue weighted by atomic mass is 10.1. The van der Waals surface area contributed by atoms with Crippen molar-refractivity contribution in [1.82, 2.24) is 9.78 Å². The van der Waals surface area contributed by atoms with Gasteiger partial charge in [0.05, 0.1) is 5.69 Å². The largest absolute Gasteiger partial charge is 0.376 e. The van der Waals surface area contributed by atoms with Crippen LogP contribution in [0.4, 0.5) is 18.9 Å². The molecule has 0 atom stereocenters. The Kier molecular flexibility index (Phi) is 4.01. The monoisotopic (exact) mass is 283 g/mol. The molecule has 2 rings (SSSR count). The van der Waals surface area contributed by atoms with Crippen LogP contribution in [0.15, 0.2) is 18.3 Å². The fourth-order valence-electron chi connectivity index (χ4n) is 2.07. The van der Waals surface area contributed by atoms with Crippen molar-refractivity contribution in [3.05, 3.63) is 47.0 Å². The van der Waals surface area contributed by atoms with Crippen molar-refractivity contribution in [1.29, 1.82) is 0 Å². The molecule has 0 amide bonds. The number of anilines is 1. The predicted molar refractivity (Wildman–Crippen MR) is 70.9 cm³/mol. The Bertz CT molecular complexity index is 597. The van der Waals surface area contributed by atoms with E-state index in [0.29, 0.717) is 12.1 Å². The molecular formula is C14H16F3N3. The Labute approximate surface area is 115 Å². The molecule has 0 aliphatic carbocycles. The molecule has 2 aromatic rings. The van der Waals surface area contributed by atoms with Crippen LogP contribution in [-0.4, -0.2) is 9.78 Å². The SMILES string of the molecule is CC(C)c1nn(C)cc1CNc1c(F)cc(F)cc1F. The van der Waals surface area contributed by atoms with E-state index in [0.717, 1.165) is 11.3 Å². The first-order chi connectivity index (χ1) is 9.38. The van der Waals surface area contributed by atoms with Gasteiger partial charge >= 0.3 is 0 Å². The van der Waals surface area contributed by atoms with Crippen molar-refractivity contribution >= 4 is 5.69 Å². The highest BCUT2D eigenvalue weighted by Gasteiger charge is 2.14. The summed E-state index contributed by atoms with van der Waals surface area (Å²) in [5.74, 6) is -2.62. The summed E-state index contributed by atoms with van der Waals surface area (Å²) in [5.41, 5.74) is 1.39. The van der Waals surface area contributed by atoms with Gasteiger partial charge in [0.1, 0.15) is 11.5 Å². The van der Waals surface area contributed by atoms with Crippen LogP contribution >= 0.6 is 0 Å². The van der Waals surface area contributed by atoms with Crippen LogP contribution in [-0.2, 0) is 13.6 Å². The fraction of sp³-hybridized carbons (Fsp3) is 0.357. The average Bonchev–Trinajstić information content (AvgIpc) is 2.69. The fourth-order valence-corrected chi connectivity index (χ4v) is 2.07. The number of halogens is 3. The Hall–Kier alpha value is -1.98. The Balaban J connectivity index is 2.21. The van der Waals surface area contributed by atoms with Crippen LogP contribution in [0, 0.1) is 17.5 Å². The van der Waals surface area contributed by atoms with Crippen LogP contribution in [0.2, 0.25) is 0 Å². The molecule has 3 nitrogen and oxygen atoms in total. The molecule has 0 aliphatic heterocycles. The molecule has 0 bridgehead atoms. The van der Waals surface area contributed by atoms with E-state index in [1.807, 2.05) is 13.8 Å². The number of hydrogen-bond acceptors (Lipinski definition) is 2. The summed E-state index contributed by atoms with van der Waals surface area (Å²) < 4.78 is 41.5. The maximum absolute atomic E-state index is 13.5. The van der Waals surface area contributed by atoms with Gasteiger partial charge in [0, 0.05) is 37.5 Å². The maximum atomic E-state index is 13.5. The van der Waals surface area contributed by atoms with Crippen LogP contribution in [0.1, 0.15) is 31.0 Å². The zero-order valence-corrected chi connectivity index (χ0v) is 11.5. The third-order valence-electron chi connectivity index (χ3n) is 2.95. The molecule has 108 valence electrons. The first-order valence-electron chi connectivity index (χ1n) is 6.29. The quantitative estimate of drug-likeness (QED) is 0.929. The summed E-state index contributed by atoms with van der Waals surface area (Å²) >= 11 is 0. The van der Waals surface area contributed by atoms with Crippen molar-refractivity contribution in [2.24, 2.45) is 7.05 Å². The van der Waals surface area contributed by atoms with Crippen molar-refractivity contribution in [3.8, 4) is 0 Å². The minimum absolute atomic E-state index is 0.205. The maximum Gasteiger partial charge on any atom is 0.152 e. The standard InChI is InChI=1S/C14H16F3N3/c1-8(2)13-9(7-20(3)19-13)6-18-14-11(16)4-10(15)5-12(14)17/h4-5,7-8,18H,6H2,1-3H3. The number of nitrogens with one attached hydrogen (secondary N) is 1. The zero-order chi connectivity index (χ0) is 14.9. The Morgan fingerprint density at radius 3 is 2.35 bits per heavy atom. The smallest absolute Gasteiger partial charge is 0.152 e. The van der Waals surface area contributed by atoms with Gasteiger partial charge in [0.15, 0.2) is 11.6 Å². The molecule has 0 saturated carbocycles. The van der Waals surface area contributed by atoms with E-state index in [2.05, 4.69) is 10.4 Å². The minimum atomic E-state index is -0.947. The summed E-state index contributed by atoms with van der Waals surface area (Å²) in [6.07, 6.45) is 1.79. The summed E-state index contributed by atoms with van der Waals surface area (Å²) in [7, 11) is 1.79. The van der Waals surface area contributed by atoms with E-state index in [-0.39, 0.29) is 18.2 Å². The minimum Gasteiger partial charge on any atom is -0.376 e. The van der Waals surface area contributed by atoms with Crippen LogP contribution in [0.5, 0.6) is 0 Å². The van der Waals surface area contributed by atoms with E-state index < -0.39 is 17.5 Å². The highest BCUT2D eigenvalue weighted by molar-refractivity contribution is 5.47. The van der Waals surface area contributed by atoms with Gasteiger partial charge in [0.2, 0.25) is 0 Å². The Morgan fingerprint density at radius 2 is 1.80 bits per heavy atom. The molecule has 1 aromatic heterocycles. The third-order valence-corrected chi connectivity index (χ3v) is 2.95. The lowest BCUT2D eigenvalue weighted by Gasteiger charge is -2.10.